The predicted octanol–water partition coefficient (Wildman–Crippen LogP) is 3.26. The van der Waals surface area contributed by atoms with Crippen molar-refractivity contribution in [2.45, 2.75) is 23.7 Å². The molecule has 0 spiro atoms. The van der Waals surface area contributed by atoms with Gasteiger partial charge in [0.2, 0.25) is 0 Å². The molecular weight excluding hydrogens is 326 g/mol. The Morgan fingerprint density at radius 1 is 1.33 bits per heavy atom. The van der Waals surface area contributed by atoms with Crippen molar-refractivity contribution in [3.05, 3.63) is 12.2 Å². The molecule has 18 heavy (non-hydrogen) atoms. The fourth-order valence-electron chi connectivity index (χ4n) is 0.455. The van der Waals surface area contributed by atoms with Gasteiger partial charge in [0.15, 0.2) is 0 Å². The second kappa shape index (κ2) is 9.73. The number of ether oxygens (including phenoxy) is 2. The van der Waals surface area contributed by atoms with Crippen LogP contribution in [0.5, 0.6) is 0 Å². The number of alkyl halides is 4. The summed E-state index contributed by atoms with van der Waals surface area (Å²) >= 11 is 20.9. The third-order valence-corrected chi connectivity index (χ3v) is 2.19. The van der Waals surface area contributed by atoms with Crippen molar-refractivity contribution in [3.8, 4) is 0 Å². The minimum absolute atomic E-state index is 0.173. The van der Waals surface area contributed by atoms with Crippen LogP contribution >= 0.6 is 46.4 Å². The molecule has 0 amide bonds. The maximum absolute atomic E-state index is 10.8. The lowest BCUT2D eigenvalue weighted by Gasteiger charge is -2.13. The van der Waals surface area contributed by atoms with Crippen LogP contribution in [0.15, 0.2) is 12.2 Å². The highest BCUT2D eigenvalue weighted by Gasteiger charge is 2.33. The number of hydrogen-bond acceptors (Lipinski definition) is 4. The van der Waals surface area contributed by atoms with E-state index in [1.54, 1.807) is 13.8 Å². The van der Waals surface area contributed by atoms with E-state index >= 15 is 0 Å². The highest BCUT2D eigenvalue weighted by molar-refractivity contribution is 6.75. The minimum atomic E-state index is -2.01. The highest BCUT2D eigenvalue weighted by atomic mass is 35.6. The van der Waals surface area contributed by atoms with Crippen LogP contribution in [0.3, 0.4) is 0 Å². The van der Waals surface area contributed by atoms with Gasteiger partial charge in [-0.15, -0.1) is 11.6 Å². The first kappa shape index (κ1) is 20.2. The normalized spacial score (nSPS) is 11.7. The zero-order chi connectivity index (χ0) is 14.9. The molecule has 0 rings (SSSR count). The van der Waals surface area contributed by atoms with Crippen LogP contribution < -0.4 is 0 Å². The van der Waals surface area contributed by atoms with E-state index in [0.29, 0.717) is 5.57 Å². The van der Waals surface area contributed by atoms with Gasteiger partial charge < -0.3 is 9.47 Å². The maximum Gasteiger partial charge on any atom is 0.358 e. The summed E-state index contributed by atoms with van der Waals surface area (Å²) in [6.07, 6.45) is -0.445. The summed E-state index contributed by atoms with van der Waals surface area (Å²) in [7, 11) is 1.33. The van der Waals surface area contributed by atoms with Crippen LogP contribution in [-0.2, 0) is 19.1 Å². The molecule has 0 fully saturated rings. The fraction of sp³-hybridized carbons (Fsp3) is 0.600. The lowest BCUT2D eigenvalue weighted by atomic mass is 10.4. The molecule has 1 unspecified atom stereocenters. The number of halogens is 4. The molecule has 0 aromatic rings. The second-order valence-corrected chi connectivity index (χ2v) is 5.73. The molecule has 0 aliphatic rings. The zero-order valence-corrected chi connectivity index (χ0v) is 13.2. The maximum atomic E-state index is 10.8. The molecule has 106 valence electrons. The van der Waals surface area contributed by atoms with E-state index in [-0.39, 0.29) is 11.8 Å². The number of esters is 2. The van der Waals surface area contributed by atoms with E-state index in [9.17, 15) is 9.59 Å². The average Bonchev–Trinajstić information content (AvgIpc) is 2.27. The van der Waals surface area contributed by atoms with Crippen LogP contribution in [-0.4, -0.2) is 34.8 Å². The standard InChI is InChI=1S/C5H6Cl4O2.C5H8O2/c1-3(2-6)11-4(10)5(7,8)9;1-4(2)5(6)7-3/h3H,2H2,1H3;1H2,2-3H3. The number of methoxy groups -OCH3 is 1. The molecule has 0 aromatic carbocycles. The van der Waals surface area contributed by atoms with Gasteiger partial charge in [0, 0.05) is 5.57 Å². The van der Waals surface area contributed by atoms with Gasteiger partial charge >= 0.3 is 11.9 Å². The molecule has 0 aromatic heterocycles. The van der Waals surface area contributed by atoms with Gasteiger partial charge in [0.1, 0.15) is 6.10 Å². The van der Waals surface area contributed by atoms with Crippen LogP contribution in [0.25, 0.3) is 0 Å². The Morgan fingerprint density at radius 3 is 1.94 bits per heavy atom. The van der Waals surface area contributed by atoms with E-state index in [4.69, 9.17) is 46.4 Å². The molecule has 1 atom stereocenters. The van der Waals surface area contributed by atoms with Crippen molar-refractivity contribution in [2.24, 2.45) is 0 Å². The Labute approximate surface area is 126 Å². The quantitative estimate of drug-likeness (QED) is 0.450. The molecule has 8 heteroatoms. The Hall–Kier alpha value is -0.160. The second-order valence-electron chi connectivity index (χ2n) is 3.14. The highest BCUT2D eigenvalue weighted by Crippen LogP contribution is 2.27. The van der Waals surface area contributed by atoms with E-state index in [0.717, 1.165) is 0 Å². The van der Waals surface area contributed by atoms with Crippen molar-refractivity contribution in [2.75, 3.05) is 13.0 Å². The van der Waals surface area contributed by atoms with Crippen LogP contribution in [0.2, 0.25) is 0 Å². The predicted molar refractivity (Wildman–Crippen MR) is 73.4 cm³/mol. The Morgan fingerprint density at radius 2 is 1.78 bits per heavy atom. The number of rotatable bonds is 3. The largest absolute Gasteiger partial charge is 0.466 e. The minimum Gasteiger partial charge on any atom is -0.466 e. The fourth-order valence-corrected chi connectivity index (χ4v) is 0.652. The first-order chi connectivity index (χ1) is 8.06. The van der Waals surface area contributed by atoms with E-state index in [1.807, 2.05) is 0 Å². The van der Waals surface area contributed by atoms with Crippen LogP contribution in [0.1, 0.15) is 13.8 Å². The molecule has 0 radical (unpaired) electrons. The molecule has 0 saturated carbocycles. The molecule has 0 saturated heterocycles. The zero-order valence-electron chi connectivity index (χ0n) is 10.1. The molecule has 0 bridgehead atoms. The Bertz CT molecular complexity index is 299. The van der Waals surface area contributed by atoms with Crippen molar-refractivity contribution in [3.63, 3.8) is 0 Å². The first-order valence-electron chi connectivity index (χ1n) is 4.63. The van der Waals surface area contributed by atoms with Gasteiger partial charge in [-0.3, -0.25) is 0 Å². The van der Waals surface area contributed by atoms with Crippen LogP contribution in [0.4, 0.5) is 0 Å². The van der Waals surface area contributed by atoms with Crippen molar-refractivity contribution in [1.29, 1.82) is 0 Å². The van der Waals surface area contributed by atoms with E-state index in [2.05, 4.69) is 16.1 Å². The molecule has 4 nitrogen and oxygen atoms in total. The molecule has 0 N–H and O–H groups in total. The van der Waals surface area contributed by atoms with Gasteiger partial charge in [-0.05, 0) is 13.8 Å². The van der Waals surface area contributed by atoms with E-state index in [1.165, 1.54) is 7.11 Å². The molecule has 0 aliphatic carbocycles. The molecule has 0 aliphatic heterocycles. The smallest absolute Gasteiger partial charge is 0.358 e. The van der Waals surface area contributed by atoms with E-state index < -0.39 is 15.9 Å². The summed E-state index contributed by atoms with van der Waals surface area (Å²) in [4.78, 5) is 20.9. The Balaban J connectivity index is 0. The summed E-state index contributed by atoms with van der Waals surface area (Å²) in [5.41, 5.74) is 0.433. The third kappa shape index (κ3) is 11.0. The first-order valence-corrected chi connectivity index (χ1v) is 6.30. The lowest BCUT2D eigenvalue weighted by Crippen LogP contribution is -2.26. The van der Waals surface area contributed by atoms with Crippen LogP contribution in [0, 0.1) is 0 Å². The van der Waals surface area contributed by atoms with Crippen molar-refractivity contribution >= 4 is 58.3 Å². The summed E-state index contributed by atoms with van der Waals surface area (Å²) in [5.74, 6) is -1.08. The van der Waals surface area contributed by atoms with Gasteiger partial charge in [0.05, 0.1) is 13.0 Å². The number of carbonyl (C=O) groups is 2. The molecular formula is C10H14Cl4O4. The summed E-state index contributed by atoms with van der Waals surface area (Å²) < 4.78 is 6.86. The summed E-state index contributed by atoms with van der Waals surface area (Å²) in [5, 5.41) is 0. The topological polar surface area (TPSA) is 52.6 Å². The van der Waals surface area contributed by atoms with Gasteiger partial charge in [-0.2, -0.15) is 0 Å². The number of carbonyl (C=O) groups excluding carboxylic acids is 2. The molecule has 0 heterocycles. The lowest BCUT2D eigenvalue weighted by molar-refractivity contribution is -0.146. The number of hydrogen-bond donors (Lipinski definition) is 0. The summed E-state index contributed by atoms with van der Waals surface area (Å²) in [6, 6.07) is 0. The van der Waals surface area contributed by atoms with Crippen molar-refractivity contribution in [1.82, 2.24) is 0 Å². The summed E-state index contributed by atoms with van der Waals surface area (Å²) in [6.45, 7) is 6.55. The van der Waals surface area contributed by atoms with Gasteiger partial charge in [-0.1, -0.05) is 41.4 Å². The monoisotopic (exact) mass is 338 g/mol. The third-order valence-electron chi connectivity index (χ3n) is 1.29. The van der Waals surface area contributed by atoms with Gasteiger partial charge in [0.25, 0.3) is 3.79 Å². The Kier molecular flexibility index (Phi) is 10.9. The average molecular weight is 340 g/mol. The van der Waals surface area contributed by atoms with Gasteiger partial charge in [-0.25, -0.2) is 9.59 Å². The van der Waals surface area contributed by atoms with Crippen molar-refractivity contribution < 1.29 is 19.1 Å². The SMILES string of the molecule is C=C(C)C(=O)OC.CC(CCl)OC(=O)C(Cl)(Cl)Cl.